The number of nitrogens with one attached hydrogen (secondary N) is 3. The Hall–Kier alpha value is -2.31. The fourth-order valence-corrected chi connectivity index (χ4v) is 3.36. The molecule has 0 saturated carbocycles. The molecular formula is C21H28N3O2S+. The summed E-state index contributed by atoms with van der Waals surface area (Å²) in [5, 5.41) is 5.77. The number of carbonyl (C=O) groups excluding carboxylic acids is 2. The molecule has 0 spiro atoms. The van der Waals surface area contributed by atoms with Gasteiger partial charge in [-0.2, -0.15) is 11.8 Å². The maximum absolute atomic E-state index is 12.1. The molecule has 6 heteroatoms. The highest BCUT2D eigenvalue weighted by molar-refractivity contribution is 7.98. The highest BCUT2D eigenvalue weighted by Gasteiger charge is 2.14. The smallest absolute Gasteiger partial charge is 0.279 e. The molecule has 0 saturated heterocycles. The van der Waals surface area contributed by atoms with Gasteiger partial charge in [0.25, 0.3) is 11.8 Å². The first kappa shape index (κ1) is 21.0. The van der Waals surface area contributed by atoms with Crippen LogP contribution < -0.4 is 15.5 Å². The minimum Gasteiger partial charge on any atom is -0.350 e. The molecule has 2 rings (SSSR count). The Balaban J connectivity index is 1.57. The number of hydrogen-bond acceptors (Lipinski definition) is 3. The summed E-state index contributed by atoms with van der Waals surface area (Å²) in [5.41, 5.74) is 3.21. The summed E-state index contributed by atoms with van der Waals surface area (Å²) in [7, 11) is 1.85. The number of carbonyl (C=O) groups is 2. The van der Waals surface area contributed by atoms with Gasteiger partial charge in [0, 0.05) is 23.7 Å². The van der Waals surface area contributed by atoms with Crippen LogP contribution in [0.3, 0.4) is 0 Å². The lowest BCUT2D eigenvalue weighted by Crippen LogP contribution is -3.11. The van der Waals surface area contributed by atoms with Crippen LogP contribution >= 0.6 is 11.8 Å². The van der Waals surface area contributed by atoms with Crippen molar-refractivity contribution in [1.29, 1.82) is 0 Å². The minimum absolute atomic E-state index is 0.0315. The van der Waals surface area contributed by atoms with E-state index in [1.54, 1.807) is 11.8 Å². The molecule has 0 heterocycles. The third-order valence-corrected chi connectivity index (χ3v) is 4.97. The van der Waals surface area contributed by atoms with E-state index in [1.807, 2.05) is 56.4 Å². The van der Waals surface area contributed by atoms with Crippen molar-refractivity contribution in [2.45, 2.75) is 12.7 Å². The Labute approximate surface area is 165 Å². The van der Waals surface area contributed by atoms with E-state index < -0.39 is 0 Å². The number of anilines is 1. The number of hydrogen-bond donors (Lipinski definition) is 3. The zero-order chi connectivity index (χ0) is 19.5. The second-order valence-corrected chi connectivity index (χ2v) is 7.72. The predicted octanol–water partition coefficient (Wildman–Crippen LogP) is 1.50. The van der Waals surface area contributed by atoms with Crippen molar-refractivity contribution < 1.29 is 14.5 Å². The molecule has 0 radical (unpaired) electrons. The summed E-state index contributed by atoms with van der Waals surface area (Å²) in [5.74, 6) is 1.69. The normalized spacial score (nSPS) is 11.6. The monoisotopic (exact) mass is 386 g/mol. The van der Waals surface area contributed by atoms with Crippen LogP contribution in [0, 0.1) is 6.92 Å². The highest BCUT2D eigenvalue weighted by atomic mass is 32.2. The van der Waals surface area contributed by atoms with Gasteiger partial charge >= 0.3 is 0 Å². The van der Waals surface area contributed by atoms with Gasteiger partial charge in [-0.15, -0.1) is 0 Å². The standard InChI is InChI=1S/C21H27N3O2S/c1-17-8-10-19(11-9-17)23-21(26)15-24(2)14-20(25)22-12-13-27-16-18-6-4-3-5-7-18/h3-11H,12-16H2,1-2H3,(H,22,25)(H,23,26)/p+1. The summed E-state index contributed by atoms with van der Waals surface area (Å²) in [6.07, 6.45) is 0. The van der Waals surface area contributed by atoms with E-state index in [0.717, 1.165) is 27.7 Å². The molecule has 0 aliphatic rings. The maximum Gasteiger partial charge on any atom is 0.279 e. The van der Waals surface area contributed by atoms with E-state index in [9.17, 15) is 9.59 Å². The molecule has 0 bridgehead atoms. The first-order valence-corrected chi connectivity index (χ1v) is 10.2. The molecule has 0 fully saturated rings. The van der Waals surface area contributed by atoms with Crippen molar-refractivity contribution in [3.05, 3.63) is 65.7 Å². The van der Waals surface area contributed by atoms with Crippen molar-refractivity contribution in [2.24, 2.45) is 0 Å². The van der Waals surface area contributed by atoms with Crippen LogP contribution in [0.25, 0.3) is 0 Å². The van der Waals surface area contributed by atoms with Crippen LogP contribution in [-0.4, -0.2) is 44.2 Å². The first-order valence-electron chi connectivity index (χ1n) is 9.09. The minimum atomic E-state index is -0.0948. The van der Waals surface area contributed by atoms with Gasteiger partial charge in [-0.25, -0.2) is 0 Å². The number of amides is 2. The van der Waals surface area contributed by atoms with Crippen LogP contribution in [0.2, 0.25) is 0 Å². The number of likely N-dealkylation sites (N-methyl/N-ethyl adjacent to an activating group) is 1. The summed E-state index contributed by atoms with van der Waals surface area (Å²) in [6.45, 7) is 3.18. The Kier molecular flexibility index (Phi) is 8.87. The zero-order valence-electron chi connectivity index (χ0n) is 16.0. The molecule has 27 heavy (non-hydrogen) atoms. The fourth-order valence-electron chi connectivity index (χ4n) is 2.54. The van der Waals surface area contributed by atoms with E-state index in [-0.39, 0.29) is 24.9 Å². The lowest BCUT2D eigenvalue weighted by molar-refractivity contribution is -0.862. The summed E-state index contributed by atoms with van der Waals surface area (Å²) in [6, 6.07) is 17.9. The number of aryl methyl sites for hydroxylation is 1. The van der Waals surface area contributed by atoms with Crippen molar-refractivity contribution in [3.8, 4) is 0 Å². The molecule has 1 unspecified atom stereocenters. The fraction of sp³-hybridized carbons (Fsp3) is 0.333. The molecule has 3 N–H and O–H groups in total. The summed E-state index contributed by atoms with van der Waals surface area (Å²) < 4.78 is 0. The molecule has 2 aromatic rings. The third kappa shape index (κ3) is 8.75. The van der Waals surface area contributed by atoms with Gasteiger partial charge in [0.05, 0.1) is 7.05 Å². The summed E-state index contributed by atoms with van der Waals surface area (Å²) >= 11 is 1.79. The molecule has 1 atom stereocenters. The SMILES string of the molecule is Cc1ccc(NC(=O)C[NH+](C)CC(=O)NCCSCc2ccccc2)cc1. The second-order valence-electron chi connectivity index (χ2n) is 6.61. The van der Waals surface area contributed by atoms with Crippen LogP contribution in [0.4, 0.5) is 5.69 Å². The second kappa shape index (κ2) is 11.4. The van der Waals surface area contributed by atoms with Gasteiger partial charge in [-0.1, -0.05) is 48.0 Å². The molecule has 5 nitrogen and oxygen atoms in total. The van der Waals surface area contributed by atoms with Crippen molar-refractivity contribution in [2.75, 3.05) is 37.8 Å². The first-order chi connectivity index (χ1) is 13.0. The lowest BCUT2D eigenvalue weighted by atomic mass is 10.2. The van der Waals surface area contributed by atoms with Crippen molar-refractivity contribution in [3.63, 3.8) is 0 Å². The molecule has 2 amide bonds. The lowest BCUT2D eigenvalue weighted by Gasteiger charge is -2.14. The number of quaternary nitrogens is 1. The highest BCUT2D eigenvalue weighted by Crippen LogP contribution is 2.10. The Morgan fingerprint density at radius 1 is 0.963 bits per heavy atom. The molecule has 0 aliphatic heterocycles. The number of benzene rings is 2. The van der Waals surface area contributed by atoms with Gasteiger partial charge in [0.2, 0.25) is 0 Å². The van der Waals surface area contributed by atoms with Gasteiger partial charge in [-0.3, -0.25) is 9.59 Å². The largest absolute Gasteiger partial charge is 0.350 e. The Morgan fingerprint density at radius 2 is 1.63 bits per heavy atom. The van der Waals surface area contributed by atoms with E-state index in [0.29, 0.717) is 6.54 Å². The van der Waals surface area contributed by atoms with Crippen molar-refractivity contribution in [1.82, 2.24) is 5.32 Å². The Morgan fingerprint density at radius 3 is 2.33 bits per heavy atom. The van der Waals surface area contributed by atoms with E-state index in [1.165, 1.54) is 5.56 Å². The van der Waals surface area contributed by atoms with Crippen LogP contribution in [0.5, 0.6) is 0 Å². The zero-order valence-corrected chi connectivity index (χ0v) is 16.8. The Bertz CT molecular complexity index is 720. The molecule has 2 aromatic carbocycles. The number of rotatable bonds is 10. The average Bonchev–Trinajstić information content (AvgIpc) is 2.64. The molecule has 0 aliphatic carbocycles. The molecule has 144 valence electrons. The molecule has 0 aromatic heterocycles. The van der Waals surface area contributed by atoms with E-state index in [2.05, 4.69) is 22.8 Å². The topological polar surface area (TPSA) is 62.6 Å². The van der Waals surface area contributed by atoms with Gasteiger partial charge in [-0.05, 0) is 24.6 Å². The van der Waals surface area contributed by atoms with Gasteiger partial charge < -0.3 is 15.5 Å². The van der Waals surface area contributed by atoms with Crippen molar-refractivity contribution >= 4 is 29.3 Å². The van der Waals surface area contributed by atoms with Gasteiger partial charge in [0.15, 0.2) is 13.1 Å². The number of thioether (sulfide) groups is 1. The molecular weight excluding hydrogens is 358 g/mol. The van der Waals surface area contributed by atoms with E-state index in [4.69, 9.17) is 0 Å². The third-order valence-electron chi connectivity index (χ3n) is 3.94. The van der Waals surface area contributed by atoms with Crippen LogP contribution in [0.15, 0.2) is 54.6 Å². The summed E-state index contributed by atoms with van der Waals surface area (Å²) in [4.78, 5) is 24.9. The van der Waals surface area contributed by atoms with Gasteiger partial charge in [0.1, 0.15) is 0 Å². The van der Waals surface area contributed by atoms with Crippen LogP contribution in [0.1, 0.15) is 11.1 Å². The average molecular weight is 387 g/mol. The van der Waals surface area contributed by atoms with Crippen LogP contribution in [-0.2, 0) is 15.3 Å². The van der Waals surface area contributed by atoms with E-state index >= 15 is 0 Å². The maximum atomic E-state index is 12.1. The quantitative estimate of drug-likeness (QED) is 0.542. The predicted molar refractivity (Wildman–Crippen MR) is 112 cm³/mol.